The van der Waals surface area contributed by atoms with Crippen molar-refractivity contribution >= 4 is 34.4 Å². The molecule has 3 rings (SSSR count). The van der Waals surface area contributed by atoms with Crippen molar-refractivity contribution < 1.29 is 19.2 Å². The molecule has 0 spiro atoms. The molecular weight excluding hydrogens is 424 g/mol. The largest absolute Gasteiger partial charge is 0.385 e. The van der Waals surface area contributed by atoms with Crippen LogP contribution in [0.3, 0.4) is 0 Å². The number of rotatable bonds is 11. The summed E-state index contributed by atoms with van der Waals surface area (Å²) >= 11 is 0. The van der Waals surface area contributed by atoms with Crippen molar-refractivity contribution in [3.8, 4) is 0 Å². The summed E-state index contributed by atoms with van der Waals surface area (Å²) in [6.07, 6.45) is 0.507. The Kier molecular flexibility index (Phi) is 7.78. The number of non-ortho nitro benzene ring substituents is 1. The first-order valence-corrected chi connectivity index (χ1v) is 10.9. The van der Waals surface area contributed by atoms with Gasteiger partial charge >= 0.3 is 0 Å². The summed E-state index contributed by atoms with van der Waals surface area (Å²) in [7, 11) is 1.56. The highest BCUT2D eigenvalue weighted by Crippen LogP contribution is 2.32. The van der Waals surface area contributed by atoms with Crippen molar-refractivity contribution in [2.75, 3.05) is 43.6 Å². The SMILES string of the molecule is CCN(CC)c1ccc(NC2=C(c3ccc([N+](=O)[O-])cc3)C(=O)N(CCCOC)C2=O)cc1. The molecule has 0 atom stereocenters. The van der Waals surface area contributed by atoms with Crippen LogP contribution in [0.2, 0.25) is 0 Å². The molecule has 2 amide bonds. The van der Waals surface area contributed by atoms with Crippen LogP contribution in [0.5, 0.6) is 0 Å². The molecule has 2 aromatic carbocycles. The maximum atomic E-state index is 13.2. The molecule has 1 N–H and O–H groups in total. The number of carbonyl (C=O) groups is 2. The predicted molar refractivity (Wildman–Crippen MR) is 127 cm³/mol. The van der Waals surface area contributed by atoms with E-state index in [2.05, 4.69) is 24.1 Å². The number of nitro benzene ring substituents is 1. The van der Waals surface area contributed by atoms with E-state index in [0.29, 0.717) is 24.3 Å². The maximum Gasteiger partial charge on any atom is 0.278 e. The minimum atomic E-state index is -0.507. The first-order chi connectivity index (χ1) is 15.9. The van der Waals surface area contributed by atoms with E-state index in [9.17, 15) is 19.7 Å². The van der Waals surface area contributed by atoms with Crippen molar-refractivity contribution in [1.29, 1.82) is 0 Å². The highest BCUT2D eigenvalue weighted by molar-refractivity contribution is 6.36. The zero-order valence-electron chi connectivity index (χ0n) is 19.0. The predicted octanol–water partition coefficient (Wildman–Crippen LogP) is 3.67. The summed E-state index contributed by atoms with van der Waals surface area (Å²) in [5.74, 6) is -0.871. The molecular formula is C24H28N4O5. The third kappa shape index (κ3) is 5.20. The first kappa shape index (κ1) is 23.9. The van der Waals surface area contributed by atoms with Crippen molar-refractivity contribution in [2.24, 2.45) is 0 Å². The molecule has 9 nitrogen and oxygen atoms in total. The van der Waals surface area contributed by atoms with Crippen LogP contribution in [0.15, 0.2) is 54.2 Å². The van der Waals surface area contributed by atoms with Crippen molar-refractivity contribution in [3.05, 3.63) is 69.9 Å². The summed E-state index contributed by atoms with van der Waals surface area (Å²) in [5.41, 5.74) is 2.43. The van der Waals surface area contributed by atoms with Gasteiger partial charge in [0.2, 0.25) is 0 Å². The number of amides is 2. The van der Waals surface area contributed by atoms with Crippen molar-refractivity contribution in [2.45, 2.75) is 20.3 Å². The minimum Gasteiger partial charge on any atom is -0.385 e. The summed E-state index contributed by atoms with van der Waals surface area (Å²) < 4.78 is 5.04. The summed E-state index contributed by atoms with van der Waals surface area (Å²) in [6.45, 7) is 6.55. The second-order valence-electron chi connectivity index (χ2n) is 7.51. The van der Waals surface area contributed by atoms with Crippen LogP contribution in [0.1, 0.15) is 25.8 Å². The van der Waals surface area contributed by atoms with Gasteiger partial charge in [-0.15, -0.1) is 0 Å². The lowest BCUT2D eigenvalue weighted by atomic mass is 10.0. The van der Waals surface area contributed by atoms with E-state index < -0.39 is 16.7 Å². The lowest BCUT2D eigenvalue weighted by Crippen LogP contribution is -2.33. The number of carbonyl (C=O) groups excluding carboxylic acids is 2. The topological polar surface area (TPSA) is 105 Å². The van der Waals surface area contributed by atoms with E-state index >= 15 is 0 Å². The van der Waals surface area contributed by atoms with Crippen LogP contribution in [-0.2, 0) is 14.3 Å². The number of methoxy groups -OCH3 is 1. The van der Waals surface area contributed by atoms with E-state index in [-0.39, 0.29) is 23.5 Å². The van der Waals surface area contributed by atoms with Gasteiger partial charge in [-0.2, -0.15) is 0 Å². The standard InChI is InChI=1S/C24H28N4O5/c1-4-26(5-2)19-13-9-18(10-14-19)25-22-21(17-7-11-20(12-8-17)28(31)32)23(29)27(24(22)30)15-6-16-33-3/h7-14,25H,4-6,15-16H2,1-3H3. The van der Waals surface area contributed by atoms with Gasteiger partial charge in [0.25, 0.3) is 17.5 Å². The number of imide groups is 1. The maximum absolute atomic E-state index is 13.2. The molecule has 1 aliphatic heterocycles. The Hall–Kier alpha value is -3.72. The molecule has 33 heavy (non-hydrogen) atoms. The van der Waals surface area contributed by atoms with Crippen LogP contribution in [0.25, 0.3) is 5.57 Å². The Balaban J connectivity index is 1.95. The van der Waals surface area contributed by atoms with E-state index in [0.717, 1.165) is 18.8 Å². The molecule has 2 aromatic rings. The molecule has 1 aliphatic rings. The van der Waals surface area contributed by atoms with Crippen LogP contribution in [0, 0.1) is 10.1 Å². The van der Waals surface area contributed by atoms with Gasteiger partial charge in [0, 0.05) is 56.9 Å². The fourth-order valence-electron chi connectivity index (χ4n) is 3.77. The van der Waals surface area contributed by atoms with Gasteiger partial charge in [0.15, 0.2) is 0 Å². The molecule has 0 aromatic heterocycles. The monoisotopic (exact) mass is 452 g/mol. The molecule has 9 heteroatoms. The Labute approximate surface area is 192 Å². The van der Waals surface area contributed by atoms with Crippen LogP contribution in [0.4, 0.5) is 17.1 Å². The van der Waals surface area contributed by atoms with E-state index in [1.807, 2.05) is 24.3 Å². The Morgan fingerprint density at radius 2 is 1.64 bits per heavy atom. The molecule has 0 aliphatic carbocycles. The number of hydrogen-bond donors (Lipinski definition) is 1. The molecule has 0 unspecified atom stereocenters. The Morgan fingerprint density at radius 3 is 2.18 bits per heavy atom. The van der Waals surface area contributed by atoms with E-state index in [1.54, 1.807) is 7.11 Å². The second-order valence-corrected chi connectivity index (χ2v) is 7.51. The van der Waals surface area contributed by atoms with Crippen LogP contribution < -0.4 is 10.2 Å². The van der Waals surface area contributed by atoms with Gasteiger partial charge in [-0.25, -0.2) is 0 Å². The summed E-state index contributed by atoms with van der Waals surface area (Å²) in [6, 6.07) is 13.3. The van der Waals surface area contributed by atoms with Gasteiger partial charge in [-0.3, -0.25) is 24.6 Å². The number of anilines is 2. The molecule has 0 saturated heterocycles. The van der Waals surface area contributed by atoms with Crippen LogP contribution >= 0.6 is 0 Å². The molecule has 0 radical (unpaired) electrons. The van der Waals surface area contributed by atoms with Crippen molar-refractivity contribution in [3.63, 3.8) is 0 Å². The van der Waals surface area contributed by atoms with E-state index in [4.69, 9.17) is 4.74 Å². The van der Waals surface area contributed by atoms with Gasteiger partial charge in [-0.05, 0) is 62.2 Å². The first-order valence-electron chi connectivity index (χ1n) is 10.9. The third-order valence-corrected chi connectivity index (χ3v) is 5.53. The van der Waals surface area contributed by atoms with Crippen LogP contribution in [-0.4, -0.2) is 55.0 Å². The Bertz CT molecular complexity index is 1040. The lowest BCUT2D eigenvalue weighted by molar-refractivity contribution is -0.384. The average molecular weight is 453 g/mol. The summed E-state index contributed by atoms with van der Waals surface area (Å²) in [5, 5.41) is 14.1. The van der Waals surface area contributed by atoms with Gasteiger partial charge in [0.05, 0.1) is 10.5 Å². The zero-order chi connectivity index (χ0) is 24.0. The smallest absolute Gasteiger partial charge is 0.278 e. The van der Waals surface area contributed by atoms with Gasteiger partial charge in [0.1, 0.15) is 5.70 Å². The number of nitrogens with one attached hydrogen (secondary N) is 1. The zero-order valence-corrected chi connectivity index (χ0v) is 19.0. The number of hydrogen-bond acceptors (Lipinski definition) is 7. The molecule has 0 fully saturated rings. The molecule has 0 saturated carbocycles. The molecule has 0 bridgehead atoms. The lowest BCUT2D eigenvalue weighted by Gasteiger charge is -2.21. The van der Waals surface area contributed by atoms with E-state index in [1.165, 1.54) is 29.2 Å². The number of nitro groups is 1. The highest BCUT2D eigenvalue weighted by Gasteiger charge is 2.39. The number of nitrogens with zero attached hydrogens (tertiary/aromatic N) is 3. The van der Waals surface area contributed by atoms with Crippen molar-refractivity contribution in [1.82, 2.24) is 4.90 Å². The molecule has 174 valence electrons. The minimum absolute atomic E-state index is 0.0884. The number of benzene rings is 2. The highest BCUT2D eigenvalue weighted by atomic mass is 16.6. The Morgan fingerprint density at radius 1 is 1.00 bits per heavy atom. The number of ether oxygens (including phenoxy) is 1. The second kappa shape index (κ2) is 10.7. The molecule has 1 heterocycles. The summed E-state index contributed by atoms with van der Waals surface area (Å²) in [4.78, 5) is 40.2. The normalized spacial score (nSPS) is 13.6. The fraction of sp³-hybridized carbons (Fsp3) is 0.333. The fourth-order valence-corrected chi connectivity index (χ4v) is 3.77. The quantitative estimate of drug-likeness (QED) is 0.240. The van der Waals surface area contributed by atoms with Gasteiger partial charge in [-0.1, -0.05) is 0 Å². The average Bonchev–Trinajstić information content (AvgIpc) is 3.05. The van der Waals surface area contributed by atoms with Gasteiger partial charge < -0.3 is 15.0 Å². The third-order valence-electron chi connectivity index (χ3n) is 5.53.